The summed E-state index contributed by atoms with van der Waals surface area (Å²) in [7, 11) is 1.61. The first-order chi connectivity index (χ1) is 20.3. The predicted octanol–water partition coefficient (Wildman–Crippen LogP) is 6.04. The molecule has 0 saturated carbocycles. The molecule has 0 saturated heterocycles. The molecule has 6 rings (SSSR count). The number of carbonyl (C=O) groups is 3. The zero-order chi connectivity index (χ0) is 31.0. The van der Waals surface area contributed by atoms with Gasteiger partial charge in [-0.1, -0.05) is 18.5 Å². The third kappa shape index (κ3) is 4.67. The van der Waals surface area contributed by atoms with Gasteiger partial charge in [0.1, 0.15) is 11.6 Å². The fourth-order valence-corrected chi connectivity index (χ4v) is 6.01. The van der Waals surface area contributed by atoms with Crippen molar-refractivity contribution in [3.63, 3.8) is 0 Å². The highest BCUT2D eigenvalue weighted by molar-refractivity contribution is 6.31. The lowest BCUT2D eigenvalue weighted by atomic mass is 9.93. The number of alkyl halides is 3. The Morgan fingerprint density at radius 2 is 1.86 bits per heavy atom. The Bertz CT molecular complexity index is 1780. The van der Waals surface area contributed by atoms with Gasteiger partial charge in [0.25, 0.3) is 17.7 Å². The summed E-state index contributed by atoms with van der Waals surface area (Å²) in [5.41, 5.74) is -0.839. The second kappa shape index (κ2) is 10.0. The number of benzene rings is 3. The van der Waals surface area contributed by atoms with E-state index in [2.05, 4.69) is 15.6 Å². The third-order valence-electron chi connectivity index (χ3n) is 7.70. The van der Waals surface area contributed by atoms with Crippen LogP contribution in [0.5, 0.6) is 0 Å². The van der Waals surface area contributed by atoms with Crippen molar-refractivity contribution in [2.24, 2.45) is 4.99 Å². The van der Waals surface area contributed by atoms with Crippen molar-refractivity contribution in [3.8, 4) is 0 Å². The molecule has 0 spiro atoms. The minimum absolute atomic E-state index is 0.0124. The zero-order valence-corrected chi connectivity index (χ0v) is 23.2. The van der Waals surface area contributed by atoms with Gasteiger partial charge in [0, 0.05) is 46.9 Å². The standard InChI is InChI=1S/C29H21ClF5N5O3/c1-3-16-10-21(41)37-28-39(2)25-20(40(16)28)11-19(36-26(42)12-6-13(29(33,34)35)8-15(32)7-12)22-23(25)27(43)38-24(22)17-9-14(31)4-5-18(17)30/h4-9,11,16,24H,3,10H2,1-2H3,(H,36,42)(H,38,43)/t16-,24-/m1/s1. The summed E-state index contributed by atoms with van der Waals surface area (Å²) in [5.74, 6) is -3.72. The fraction of sp³-hybridized carbons (Fsp3) is 0.241. The number of carbonyl (C=O) groups excluding carboxylic acids is 3. The van der Waals surface area contributed by atoms with Crippen LogP contribution in [0, 0.1) is 11.6 Å². The summed E-state index contributed by atoms with van der Waals surface area (Å²) < 4.78 is 68.7. The van der Waals surface area contributed by atoms with E-state index >= 15 is 0 Å². The van der Waals surface area contributed by atoms with E-state index in [1.807, 2.05) is 6.92 Å². The molecular formula is C29H21ClF5N5O3. The van der Waals surface area contributed by atoms with E-state index in [0.29, 0.717) is 29.9 Å². The van der Waals surface area contributed by atoms with Crippen LogP contribution in [0.3, 0.4) is 0 Å². The quantitative estimate of drug-likeness (QED) is 0.348. The molecule has 8 nitrogen and oxygen atoms in total. The first kappa shape index (κ1) is 28.6. The topological polar surface area (TPSA) is 94.1 Å². The molecule has 222 valence electrons. The molecule has 3 heterocycles. The lowest BCUT2D eigenvalue weighted by Gasteiger charge is -2.32. The van der Waals surface area contributed by atoms with Gasteiger partial charge in [-0.05, 0) is 48.9 Å². The average Bonchev–Trinajstić information content (AvgIpc) is 3.42. The van der Waals surface area contributed by atoms with E-state index in [0.717, 1.165) is 12.1 Å². The largest absolute Gasteiger partial charge is 0.416 e. The van der Waals surface area contributed by atoms with Gasteiger partial charge in [0.05, 0.1) is 28.5 Å². The highest BCUT2D eigenvalue weighted by atomic mass is 35.5. The van der Waals surface area contributed by atoms with Crippen LogP contribution in [0.1, 0.15) is 63.2 Å². The van der Waals surface area contributed by atoms with E-state index in [9.17, 15) is 36.3 Å². The van der Waals surface area contributed by atoms with Gasteiger partial charge in [-0.3, -0.25) is 14.4 Å². The van der Waals surface area contributed by atoms with Gasteiger partial charge in [-0.2, -0.15) is 18.2 Å². The van der Waals surface area contributed by atoms with Crippen LogP contribution in [0.15, 0.2) is 47.5 Å². The van der Waals surface area contributed by atoms with E-state index < -0.39 is 46.8 Å². The van der Waals surface area contributed by atoms with Gasteiger partial charge in [-0.15, -0.1) is 0 Å². The van der Waals surface area contributed by atoms with E-state index in [1.54, 1.807) is 16.8 Å². The number of hydrogen-bond acceptors (Lipinski definition) is 5. The molecule has 0 aliphatic carbocycles. The molecule has 0 unspecified atom stereocenters. The molecular weight excluding hydrogens is 597 g/mol. The van der Waals surface area contributed by atoms with Crippen molar-refractivity contribution in [2.45, 2.75) is 38.0 Å². The molecule has 3 aliphatic heterocycles. The molecule has 3 aliphatic rings. The van der Waals surface area contributed by atoms with Crippen molar-refractivity contribution >= 4 is 52.3 Å². The molecule has 0 aromatic heterocycles. The Morgan fingerprint density at radius 3 is 2.56 bits per heavy atom. The van der Waals surface area contributed by atoms with Gasteiger partial charge >= 0.3 is 6.18 Å². The molecule has 0 fully saturated rings. The smallest absolute Gasteiger partial charge is 0.341 e. The van der Waals surface area contributed by atoms with Crippen LogP contribution < -0.4 is 20.4 Å². The summed E-state index contributed by atoms with van der Waals surface area (Å²) >= 11 is 6.39. The number of fused-ring (bicyclic) bond motifs is 5. The first-order valence-corrected chi connectivity index (χ1v) is 13.5. The Kier molecular flexibility index (Phi) is 6.68. The number of aliphatic imine (C=N–C) groups is 1. The molecule has 3 amide bonds. The summed E-state index contributed by atoms with van der Waals surface area (Å²) in [6, 6.07) is 5.06. The van der Waals surface area contributed by atoms with Crippen LogP contribution in [-0.4, -0.2) is 36.8 Å². The molecule has 2 N–H and O–H groups in total. The number of amides is 3. The van der Waals surface area contributed by atoms with Crippen LogP contribution in [0.4, 0.5) is 39.0 Å². The normalized spacial score (nSPS) is 19.1. The van der Waals surface area contributed by atoms with E-state index in [1.165, 1.54) is 12.1 Å². The molecule has 3 aromatic carbocycles. The number of halogens is 6. The van der Waals surface area contributed by atoms with Crippen molar-refractivity contribution in [3.05, 3.63) is 86.9 Å². The summed E-state index contributed by atoms with van der Waals surface area (Å²) in [4.78, 5) is 46.9. The average molecular weight is 618 g/mol. The second-order valence-electron chi connectivity index (χ2n) is 10.3. The second-order valence-corrected chi connectivity index (χ2v) is 10.7. The van der Waals surface area contributed by atoms with Crippen LogP contribution in [-0.2, 0) is 11.0 Å². The van der Waals surface area contributed by atoms with Gasteiger partial charge < -0.3 is 20.4 Å². The Labute approximate surface area is 246 Å². The van der Waals surface area contributed by atoms with Crippen molar-refractivity contribution in [2.75, 3.05) is 22.2 Å². The molecule has 0 bridgehead atoms. The van der Waals surface area contributed by atoms with Gasteiger partial charge in [-0.25, -0.2) is 8.78 Å². The molecule has 0 radical (unpaired) electrons. The number of nitrogens with one attached hydrogen (secondary N) is 2. The summed E-state index contributed by atoms with van der Waals surface area (Å²) in [6.45, 7) is 1.87. The zero-order valence-electron chi connectivity index (χ0n) is 22.4. The van der Waals surface area contributed by atoms with E-state index in [4.69, 9.17) is 11.6 Å². The maximum absolute atomic E-state index is 14.3. The Morgan fingerprint density at radius 1 is 1.12 bits per heavy atom. The van der Waals surface area contributed by atoms with Crippen molar-refractivity contribution in [1.82, 2.24) is 5.32 Å². The van der Waals surface area contributed by atoms with Crippen molar-refractivity contribution in [1.29, 1.82) is 0 Å². The molecule has 43 heavy (non-hydrogen) atoms. The molecule has 3 aromatic rings. The number of anilines is 3. The minimum Gasteiger partial charge on any atom is -0.341 e. The summed E-state index contributed by atoms with van der Waals surface area (Å²) in [5, 5.41) is 5.41. The fourth-order valence-electron chi connectivity index (χ4n) is 5.79. The first-order valence-electron chi connectivity index (χ1n) is 13.1. The van der Waals surface area contributed by atoms with E-state index in [-0.39, 0.29) is 57.8 Å². The Hall–Kier alpha value is -4.52. The lowest BCUT2D eigenvalue weighted by molar-refractivity contribution is -0.137. The lowest BCUT2D eigenvalue weighted by Crippen LogP contribution is -2.47. The van der Waals surface area contributed by atoms with Crippen LogP contribution in [0.25, 0.3) is 0 Å². The highest BCUT2D eigenvalue weighted by Gasteiger charge is 2.46. The van der Waals surface area contributed by atoms with Gasteiger partial charge in [0.15, 0.2) is 0 Å². The number of rotatable bonds is 4. The maximum Gasteiger partial charge on any atom is 0.416 e. The van der Waals surface area contributed by atoms with Crippen LogP contribution >= 0.6 is 11.6 Å². The third-order valence-corrected chi connectivity index (χ3v) is 8.04. The van der Waals surface area contributed by atoms with Crippen molar-refractivity contribution < 1.29 is 36.3 Å². The monoisotopic (exact) mass is 617 g/mol. The number of nitrogens with zero attached hydrogens (tertiary/aromatic N) is 3. The summed E-state index contributed by atoms with van der Waals surface area (Å²) in [6.07, 6.45) is -4.31. The van der Waals surface area contributed by atoms with Gasteiger partial charge in [0.2, 0.25) is 5.96 Å². The highest BCUT2D eigenvalue weighted by Crippen LogP contribution is 2.51. The number of guanidine groups is 1. The molecule has 14 heteroatoms. The maximum atomic E-state index is 14.3. The van der Waals surface area contributed by atoms with Crippen LogP contribution in [0.2, 0.25) is 5.02 Å². The SMILES string of the molecule is CC[C@@H]1CC(=O)N=C2N(C)c3c(cc(NC(=O)c4cc(F)cc(C(F)(F)F)c4)c4c3C(=O)N[C@@H]4c3cc(F)ccc3Cl)N21. The predicted molar refractivity (Wildman–Crippen MR) is 149 cm³/mol. The molecule has 2 atom stereocenters. The Balaban J connectivity index is 1.56. The minimum atomic E-state index is -4.91. The number of hydrogen-bond donors (Lipinski definition) is 2.